The first kappa shape index (κ1) is 14.6. The van der Waals surface area contributed by atoms with Gasteiger partial charge in [-0.3, -0.25) is 4.79 Å². The smallest absolute Gasteiger partial charge is 0.257 e. The van der Waals surface area contributed by atoms with Gasteiger partial charge in [-0.15, -0.1) is 0 Å². The average molecular weight is 300 g/mol. The van der Waals surface area contributed by atoms with Crippen molar-refractivity contribution >= 4 is 28.4 Å². The molecule has 2 aromatic rings. The van der Waals surface area contributed by atoms with Crippen molar-refractivity contribution in [2.75, 3.05) is 30.4 Å². The molecule has 1 aliphatic heterocycles. The number of ether oxygens (including phenoxy) is 1. The molecule has 3 rings (SSSR count). The maximum absolute atomic E-state index is 11.2. The minimum Gasteiger partial charge on any atom is -0.478 e. The van der Waals surface area contributed by atoms with Gasteiger partial charge >= 0.3 is 0 Å². The number of rotatable bonds is 3. The summed E-state index contributed by atoms with van der Waals surface area (Å²) in [6.07, 6.45) is 3.58. The molecule has 0 atom stereocenters. The van der Waals surface area contributed by atoms with Crippen molar-refractivity contribution in [2.24, 2.45) is 0 Å². The van der Waals surface area contributed by atoms with Crippen molar-refractivity contribution in [3.63, 3.8) is 0 Å². The highest BCUT2D eigenvalue weighted by atomic mass is 16.5. The Morgan fingerprint density at radius 3 is 2.64 bits per heavy atom. The minimum absolute atomic E-state index is 0.0999. The van der Waals surface area contributed by atoms with Crippen LogP contribution in [0.3, 0.4) is 0 Å². The van der Waals surface area contributed by atoms with Crippen LogP contribution in [0.15, 0.2) is 18.2 Å². The third kappa shape index (κ3) is 2.95. The Labute approximate surface area is 129 Å². The van der Waals surface area contributed by atoms with Gasteiger partial charge in [-0.2, -0.15) is 0 Å². The van der Waals surface area contributed by atoms with E-state index in [1.54, 1.807) is 7.11 Å². The monoisotopic (exact) mass is 300 g/mol. The van der Waals surface area contributed by atoms with Crippen molar-refractivity contribution in [1.29, 1.82) is 0 Å². The highest BCUT2D eigenvalue weighted by Crippen LogP contribution is 2.29. The molecule has 0 aliphatic carbocycles. The number of methoxy groups -OCH3 is 1. The molecule has 1 aromatic heterocycles. The molecule has 1 N–H and O–H groups in total. The Balaban J connectivity index is 2.03. The number of hydrogen-bond donors (Lipinski definition) is 1. The van der Waals surface area contributed by atoms with Crippen LogP contribution in [0.5, 0.6) is 5.88 Å². The van der Waals surface area contributed by atoms with Gasteiger partial charge in [0.2, 0.25) is 5.91 Å². The van der Waals surface area contributed by atoms with Crippen LogP contribution in [0.25, 0.3) is 11.0 Å². The van der Waals surface area contributed by atoms with Crippen molar-refractivity contribution in [2.45, 2.75) is 26.2 Å². The second-order valence-corrected chi connectivity index (χ2v) is 5.49. The molecule has 1 fully saturated rings. The highest BCUT2D eigenvalue weighted by molar-refractivity contribution is 5.91. The quantitative estimate of drug-likeness (QED) is 0.943. The lowest BCUT2D eigenvalue weighted by Gasteiger charge is -2.28. The van der Waals surface area contributed by atoms with E-state index in [1.807, 2.05) is 18.2 Å². The molecular weight excluding hydrogens is 280 g/mol. The Morgan fingerprint density at radius 1 is 1.18 bits per heavy atom. The maximum Gasteiger partial charge on any atom is 0.257 e. The number of hydrogen-bond acceptors (Lipinski definition) is 5. The van der Waals surface area contributed by atoms with E-state index in [1.165, 1.54) is 13.3 Å². The summed E-state index contributed by atoms with van der Waals surface area (Å²) in [4.78, 5) is 22.7. The van der Waals surface area contributed by atoms with Crippen molar-refractivity contribution in [3.8, 4) is 5.88 Å². The fraction of sp³-hybridized carbons (Fsp3) is 0.438. The van der Waals surface area contributed by atoms with Gasteiger partial charge in [-0.05, 0) is 37.5 Å². The number of nitrogens with one attached hydrogen (secondary N) is 1. The van der Waals surface area contributed by atoms with Crippen molar-refractivity contribution < 1.29 is 9.53 Å². The molecule has 2 heterocycles. The molecule has 1 aromatic carbocycles. The standard InChI is InChI=1S/C16H20N4O2/c1-11(21)17-12-6-7-13-14(10-12)18-15(16(19-13)22-2)20-8-4-3-5-9-20/h6-7,10H,3-5,8-9H2,1-2H3,(H,17,21). The Bertz CT molecular complexity index is 696. The van der Waals surface area contributed by atoms with Crippen molar-refractivity contribution in [3.05, 3.63) is 18.2 Å². The van der Waals surface area contributed by atoms with E-state index in [0.717, 1.165) is 48.5 Å². The van der Waals surface area contributed by atoms with Gasteiger partial charge in [-0.25, -0.2) is 9.97 Å². The van der Waals surface area contributed by atoms with E-state index >= 15 is 0 Å². The van der Waals surface area contributed by atoms with Crippen LogP contribution in [-0.4, -0.2) is 36.1 Å². The summed E-state index contributed by atoms with van der Waals surface area (Å²) < 4.78 is 5.42. The van der Waals surface area contributed by atoms with Gasteiger partial charge in [0.1, 0.15) is 0 Å². The number of amides is 1. The minimum atomic E-state index is -0.0999. The molecular formula is C16H20N4O2. The van der Waals surface area contributed by atoms with Crippen LogP contribution >= 0.6 is 0 Å². The van der Waals surface area contributed by atoms with Crippen LogP contribution in [0.4, 0.5) is 11.5 Å². The lowest BCUT2D eigenvalue weighted by molar-refractivity contribution is -0.114. The Hall–Kier alpha value is -2.37. The second kappa shape index (κ2) is 6.17. The average Bonchev–Trinajstić information content (AvgIpc) is 2.54. The van der Waals surface area contributed by atoms with Gasteiger partial charge in [0.15, 0.2) is 5.82 Å². The highest BCUT2D eigenvalue weighted by Gasteiger charge is 2.19. The summed E-state index contributed by atoms with van der Waals surface area (Å²) in [6, 6.07) is 5.51. The van der Waals surface area contributed by atoms with E-state index in [4.69, 9.17) is 9.72 Å². The lowest BCUT2D eigenvalue weighted by atomic mass is 10.1. The Morgan fingerprint density at radius 2 is 1.95 bits per heavy atom. The summed E-state index contributed by atoms with van der Waals surface area (Å²) in [5, 5.41) is 2.77. The van der Waals surface area contributed by atoms with Gasteiger partial charge in [-0.1, -0.05) is 0 Å². The summed E-state index contributed by atoms with van der Waals surface area (Å²) in [6.45, 7) is 3.44. The molecule has 1 aliphatic rings. The summed E-state index contributed by atoms with van der Waals surface area (Å²) in [5.74, 6) is 1.24. The second-order valence-electron chi connectivity index (χ2n) is 5.49. The number of anilines is 2. The number of benzene rings is 1. The van der Waals surface area contributed by atoms with Crippen LogP contribution in [-0.2, 0) is 4.79 Å². The predicted molar refractivity (Wildman–Crippen MR) is 86.5 cm³/mol. The largest absolute Gasteiger partial charge is 0.478 e. The topological polar surface area (TPSA) is 67.3 Å². The summed E-state index contributed by atoms with van der Waals surface area (Å²) >= 11 is 0. The van der Waals surface area contributed by atoms with E-state index in [2.05, 4.69) is 15.2 Å². The zero-order valence-electron chi connectivity index (χ0n) is 12.9. The first-order valence-electron chi connectivity index (χ1n) is 7.56. The molecule has 22 heavy (non-hydrogen) atoms. The van der Waals surface area contributed by atoms with Crippen LogP contribution < -0.4 is 15.0 Å². The molecule has 0 bridgehead atoms. The molecule has 1 saturated heterocycles. The van der Waals surface area contributed by atoms with Crippen LogP contribution in [0.1, 0.15) is 26.2 Å². The molecule has 6 nitrogen and oxygen atoms in total. The number of fused-ring (bicyclic) bond motifs is 1. The number of piperidine rings is 1. The Kier molecular flexibility index (Phi) is 4.09. The normalized spacial score (nSPS) is 14.9. The van der Waals surface area contributed by atoms with Gasteiger partial charge in [0.25, 0.3) is 5.88 Å². The van der Waals surface area contributed by atoms with Gasteiger partial charge in [0, 0.05) is 25.7 Å². The van der Waals surface area contributed by atoms with Crippen LogP contribution in [0, 0.1) is 0 Å². The van der Waals surface area contributed by atoms with Crippen LogP contribution in [0.2, 0.25) is 0 Å². The number of carbonyl (C=O) groups excluding carboxylic acids is 1. The van der Waals surface area contributed by atoms with E-state index in [9.17, 15) is 4.79 Å². The number of aromatic nitrogens is 2. The fourth-order valence-corrected chi connectivity index (χ4v) is 2.76. The molecule has 116 valence electrons. The van der Waals surface area contributed by atoms with E-state index in [0.29, 0.717) is 5.88 Å². The predicted octanol–water partition coefficient (Wildman–Crippen LogP) is 2.59. The molecule has 0 radical (unpaired) electrons. The van der Waals surface area contributed by atoms with E-state index < -0.39 is 0 Å². The fourth-order valence-electron chi connectivity index (χ4n) is 2.76. The summed E-state index contributed by atoms with van der Waals surface area (Å²) in [5.41, 5.74) is 2.24. The zero-order chi connectivity index (χ0) is 15.5. The molecule has 1 amide bonds. The molecule has 0 unspecified atom stereocenters. The SMILES string of the molecule is COc1nc2ccc(NC(C)=O)cc2nc1N1CCCCC1. The first-order chi connectivity index (χ1) is 10.7. The molecule has 6 heteroatoms. The zero-order valence-corrected chi connectivity index (χ0v) is 12.9. The molecule has 0 spiro atoms. The van der Waals surface area contributed by atoms with Crippen molar-refractivity contribution in [1.82, 2.24) is 9.97 Å². The summed E-state index contributed by atoms with van der Waals surface area (Å²) in [7, 11) is 1.62. The van der Waals surface area contributed by atoms with E-state index in [-0.39, 0.29) is 5.91 Å². The lowest BCUT2D eigenvalue weighted by Crippen LogP contribution is -2.30. The molecule has 0 saturated carbocycles. The number of nitrogens with zero attached hydrogens (tertiary/aromatic N) is 3. The first-order valence-corrected chi connectivity index (χ1v) is 7.56. The maximum atomic E-state index is 11.2. The number of carbonyl (C=O) groups is 1. The van der Waals surface area contributed by atoms with Gasteiger partial charge in [0.05, 0.1) is 18.1 Å². The third-order valence-corrected chi connectivity index (χ3v) is 3.78. The van der Waals surface area contributed by atoms with Gasteiger partial charge < -0.3 is 15.0 Å². The third-order valence-electron chi connectivity index (χ3n) is 3.78.